The van der Waals surface area contributed by atoms with Crippen molar-refractivity contribution in [3.63, 3.8) is 0 Å². The topological polar surface area (TPSA) is 77.4 Å². The van der Waals surface area contributed by atoms with Gasteiger partial charge in [-0.25, -0.2) is 4.79 Å². The SMILES string of the molecule is CCOc1cc2c(cc1CNC(=O)Nc1cnn(C)c1)OC(C)C2. The van der Waals surface area contributed by atoms with E-state index in [4.69, 9.17) is 9.47 Å². The highest BCUT2D eigenvalue weighted by Gasteiger charge is 2.22. The van der Waals surface area contributed by atoms with Gasteiger partial charge in [-0.1, -0.05) is 0 Å². The average molecular weight is 330 g/mol. The Morgan fingerprint density at radius 1 is 1.50 bits per heavy atom. The summed E-state index contributed by atoms with van der Waals surface area (Å²) in [7, 11) is 1.79. The Morgan fingerprint density at radius 3 is 3.04 bits per heavy atom. The molecular formula is C17H22N4O3. The van der Waals surface area contributed by atoms with Gasteiger partial charge >= 0.3 is 6.03 Å². The van der Waals surface area contributed by atoms with Crippen molar-refractivity contribution in [3.8, 4) is 11.5 Å². The molecule has 0 radical (unpaired) electrons. The first-order valence-corrected chi connectivity index (χ1v) is 8.04. The fraction of sp³-hybridized carbons (Fsp3) is 0.412. The third-order valence-electron chi connectivity index (χ3n) is 3.78. The van der Waals surface area contributed by atoms with Gasteiger partial charge in [-0.2, -0.15) is 5.10 Å². The molecule has 0 fully saturated rings. The van der Waals surface area contributed by atoms with Gasteiger partial charge in [-0.15, -0.1) is 0 Å². The molecule has 1 aromatic carbocycles. The summed E-state index contributed by atoms with van der Waals surface area (Å²) in [6.07, 6.45) is 4.38. The molecule has 0 saturated carbocycles. The first-order valence-electron chi connectivity index (χ1n) is 8.04. The van der Waals surface area contributed by atoms with E-state index < -0.39 is 0 Å². The molecule has 2 N–H and O–H groups in total. The van der Waals surface area contributed by atoms with Crippen molar-refractivity contribution < 1.29 is 14.3 Å². The van der Waals surface area contributed by atoms with Gasteiger partial charge in [-0.3, -0.25) is 4.68 Å². The number of fused-ring (bicyclic) bond motifs is 1. The third-order valence-corrected chi connectivity index (χ3v) is 3.78. The van der Waals surface area contributed by atoms with Crippen molar-refractivity contribution in [2.24, 2.45) is 7.05 Å². The van der Waals surface area contributed by atoms with E-state index in [2.05, 4.69) is 15.7 Å². The van der Waals surface area contributed by atoms with E-state index in [1.807, 2.05) is 26.0 Å². The lowest BCUT2D eigenvalue weighted by atomic mass is 10.1. The maximum atomic E-state index is 12.0. The zero-order valence-corrected chi connectivity index (χ0v) is 14.1. The molecule has 1 unspecified atom stereocenters. The van der Waals surface area contributed by atoms with Gasteiger partial charge in [0.2, 0.25) is 0 Å². The molecule has 1 aromatic heterocycles. The van der Waals surface area contributed by atoms with Gasteiger partial charge in [0, 0.05) is 37.3 Å². The predicted octanol–water partition coefficient (Wildman–Crippen LogP) is 2.46. The Balaban J connectivity index is 1.67. The second-order valence-electron chi connectivity index (χ2n) is 5.84. The normalized spacial score (nSPS) is 15.5. The van der Waals surface area contributed by atoms with Crippen molar-refractivity contribution in [2.75, 3.05) is 11.9 Å². The van der Waals surface area contributed by atoms with Crippen LogP contribution in [0.15, 0.2) is 24.5 Å². The van der Waals surface area contributed by atoms with Crippen LogP contribution in [0.2, 0.25) is 0 Å². The summed E-state index contributed by atoms with van der Waals surface area (Å²) >= 11 is 0. The number of amides is 2. The molecule has 2 aromatic rings. The number of anilines is 1. The summed E-state index contributed by atoms with van der Waals surface area (Å²) in [6, 6.07) is 3.67. The number of aromatic nitrogens is 2. The molecule has 1 atom stereocenters. The van der Waals surface area contributed by atoms with Gasteiger partial charge in [0.1, 0.15) is 17.6 Å². The van der Waals surface area contributed by atoms with E-state index in [-0.39, 0.29) is 12.1 Å². The Morgan fingerprint density at radius 2 is 2.33 bits per heavy atom. The molecule has 7 heteroatoms. The van der Waals surface area contributed by atoms with Crippen LogP contribution in [0.4, 0.5) is 10.5 Å². The number of nitrogens with zero attached hydrogens (tertiary/aromatic N) is 2. The van der Waals surface area contributed by atoms with E-state index in [1.54, 1.807) is 24.1 Å². The highest BCUT2D eigenvalue weighted by molar-refractivity contribution is 5.88. The number of carbonyl (C=O) groups excluding carboxylic acids is 1. The number of ether oxygens (including phenoxy) is 2. The molecule has 0 bridgehead atoms. The van der Waals surface area contributed by atoms with Gasteiger partial charge in [-0.05, 0) is 26.0 Å². The van der Waals surface area contributed by atoms with Crippen molar-refractivity contribution in [2.45, 2.75) is 32.9 Å². The maximum absolute atomic E-state index is 12.0. The summed E-state index contributed by atoms with van der Waals surface area (Å²) in [5.41, 5.74) is 2.69. The van der Waals surface area contributed by atoms with E-state index in [1.165, 1.54) is 0 Å². The van der Waals surface area contributed by atoms with E-state index in [0.717, 1.165) is 29.0 Å². The minimum absolute atomic E-state index is 0.173. The zero-order chi connectivity index (χ0) is 17.1. The van der Waals surface area contributed by atoms with Crippen LogP contribution in [0.5, 0.6) is 11.5 Å². The Bertz CT molecular complexity index is 741. The van der Waals surface area contributed by atoms with Crippen molar-refractivity contribution in [1.29, 1.82) is 0 Å². The van der Waals surface area contributed by atoms with Crippen molar-refractivity contribution >= 4 is 11.7 Å². The lowest BCUT2D eigenvalue weighted by molar-refractivity contribution is 0.250. The van der Waals surface area contributed by atoms with Gasteiger partial charge in [0.15, 0.2) is 0 Å². The molecular weight excluding hydrogens is 308 g/mol. The molecule has 24 heavy (non-hydrogen) atoms. The molecule has 0 aliphatic carbocycles. The second kappa shape index (κ2) is 6.82. The number of rotatable bonds is 5. The quantitative estimate of drug-likeness (QED) is 0.883. The lowest BCUT2D eigenvalue weighted by Gasteiger charge is -2.13. The maximum Gasteiger partial charge on any atom is 0.319 e. The standard InChI is InChI=1S/C17H22N4O3/c1-4-23-15-6-12-5-11(2)24-16(12)7-13(15)8-18-17(22)20-14-9-19-21(3)10-14/h6-7,9-11H,4-5,8H2,1-3H3,(H2,18,20,22). The summed E-state index contributed by atoms with van der Waals surface area (Å²) in [4.78, 5) is 12.0. The molecule has 0 saturated heterocycles. The number of benzene rings is 1. The number of hydrogen-bond acceptors (Lipinski definition) is 4. The summed E-state index contributed by atoms with van der Waals surface area (Å²) in [5.74, 6) is 1.66. The molecule has 3 rings (SSSR count). The minimum Gasteiger partial charge on any atom is -0.494 e. The number of nitrogens with one attached hydrogen (secondary N) is 2. The van der Waals surface area contributed by atoms with Crippen molar-refractivity contribution in [3.05, 3.63) is 35.7 Å². The third kappa shape index (κ3) is 3.61. The van der Waals surface area contributed by atoms with Crippen LogP contribution in [0.3, 0.4) is 0 Å². The van der Waals surface area contributed by atoms with Crippen molar-refractivity contribution in [1.82, 2.24) is 15.1 Å². The Kier molecular flexibility index (Phi) is 4.59. The first kappa shape index (κ1) is 16.2. The van der Waals surface area contributed by atoms with Crippen LogP contribution in [-0.4, -0.2) is 28.5 Å². The number of urea groups is 1. The highest BCUT2D eigenvalue weighted by atomic mass is 16.5. The highest BCUT2D eigenvalue weighted by Crippen LogP contribution is 2.35. The van der Waals surface area contributed by atoms with E-state index >= 15 is 0 Å². The number of aryl methyl sites for hydroxylation is 1. The fourth-order valence-corrected chi connectivity index (χ4v) is 2.75. The fourth-order valence-electron chi connectivity index (χ4n) is 2.75. The zero-order valence-electron chi connectivity index (χ0n) is 14.1. The van der Waals surface area contributed by atoms with E-state index in [0.29, 0.717) is 18.8 Å². The van der Waals surface area contributed by atoms with Crippen LogP contribution in [0.1, 0.15) is 25.0 Å². The summed E-state index contributed by atoms with van der Waals surface area (Å²) in [6.45, 7) is 4.91. The lowest BCUT2D eigenvalue weighted by Crippen LogP contribution is -2.28. The monoisotopic (exact) mass is 330 g/mol. The van der Waals surface area contributed by atoms with Crippen LogP contribution in [-0.2, 0) is 20.0 Å². The average Bonchev–Trinajstić information content (AvgIpc) is 3.09. The number of hydrogen-bond donors (Lipinski definition) is 2. The van der Waals surface area contributed by atoms with Crippen LogP contribution in [0, 0.1) is 0 Å². The molecule has 7 nitrogen and oxygen atoms in total. The summed E-state index contributed by atoms with van der Waals surface area (Å²) in [5, 5.41) is 9.58. The van der Waals surface area contributed by atoms with E-state index in [9.17, 15) is 4.79 Å². The number of carbonyl (C=O) groups is 1. The molecule has 1 aliphatic rings. The molecule has 1 aliphatic heterocycles. The van der Waals surface area contributed by atoms with Crippen LogP contribution < -0.4 is 20.1 Å². The predicted molar refractivity (Wildman–Crippen MR) is 90.5 cm³/mol. The smallest absolute Gasteiger partial charge is 0.319 e. The molecule has 0 spiro atoms. The van der Waals surface area contributed by atoms with Crippen LogP contribution >= 0.6 is 0 Å². The van der Waals surface area contributed by atoms with Crippen LogP contribution in [0.25, 0.3) is 0 Å². The van der Waals surface area contributed by atoms with Gasteiger partial charge < -0.3 is 20.1 Å². The largest absolute Gasteiger partial charge is 0.494 e. The Hall–Kier alpha value is -2.70. The molecule has 2 amide bonds. The van der Waals surface area contributed by atoms with Gasteiger partial charge in [0.05, 0.1) is 18.5 Å². The summed E-state index contributed by atoms with van der Waals surface area (Å²) < 4.78 is 13.1. The first-order chi connectivity index (χ1) is 11.5. The second-order valence-corrected chi connectivity index (χ2v) is 5.84. The molecule has 128 valence electrons. The minimum atomic E-state index is -0.291. The Labute approximate surface area is 140 Å². The van der Waals surface area contributed by atoms with Gasteiger partial charge in [0.25, 0.3) is 0 Å². The molecule has 2 heterocycles.